The van der Waals surface area contributed by atoms with Crippen molar-refractivity contribution in [2.75, 3.05) is 38.6 Å². The predicted molar refractivity (Wildman–Crippen MR) is 77.3 cm³/mol. The molecule has 0 aromatic heterocycles. The second-order valence-corrected chi connectivity index (χ2v) is 6.58. The number of hydrogen-bond donors (Lipinski definition) is 1. The number of rotatable bonds is 2. The van der Waals surface area contributed by atoms with Crippen LogP contribution in [-0.4, -0.2) is 54.7 Å². The highest BCUT2D eigenvalue weighted by Crippen LogP contribution is 2.33. The fourth-order valence-corrected chi connectivity index (χ4v) is 3.62. The van der Waals surface area contributed by atoms with E-state index in [0.29, 0.717) is 25.0 Å². The first-order valence-electron chi connectivity index (χ1n) is 6.37. The van der Waals surface area contributed by atoms with Gasteiger partial charge in [0, 0.05) is 43.9 Å². The molecule has 2 aliphatic rings. The Morgan fingerprint density at radius 1 is 1.50 bits per heavy atom. The van der Waals surface area contributed by atoms with E-state index in [-0.39, 0.29) is 23.7 Å². The zero-order valence-electron chi connectivity index (χ0n) is 10.9. The minimum absolute atomic E-state index is 0. The van der Waals surface area contributed by atoms with Gasteiger partial charge < -0.3 is 15.4 Å². The van der Waals surface area contributed by atoms with Gasteiger partial charge >= 0.3 is 0 Å². The molecule has 1 amide bonds. The van der Waals surface area contributed by atoms with Gasteiger partial charge in [-0.15, -0.1) is 12.4 Å². The van der Waals surface area contributed by atoms with Gasteiger partial charge in [-0.1, -0.05) is 6.92 Å². The molecule has 2 fully saturated rings. The van der Waals surface area contributed by atoms with E-state index in [4.69, 9.17) is 10.5 Å². The quantitative estimate of drug-likeness (QED) is 0.829. The van der Waals surface area contributed by atoms with E-state index in [9.17, 15) is 4.79 Å². The largest absolute Gasteiger partial charge is 0.381 e. The van der Waals surface area contributed by atoms with Crippen molar-refractivity contribution in [3.63, 3.8) is 0 Å². The van der Waals surface area contributed by atoms with E-state index in [1.165, 1.54) is 0 Å². The van der Waals surface area contributed by atoms with Crippen molar-refractivity contribution in [1.82, 2.24) is 4.90 Å². The zero-order chi connectivity index (χ0) is 12.3. The number of nitrogens with two attached hydrogens (primary N) is 1. The monoisotopic (exact) mass is 294 g/mol. The molecule has 0 saturated carbocycles. The molecule has 0 aromatic rings. The van der Waals surface area contributed by atoms with Crippen LogP contribution < -0.4 is 5.73 Å². The van der Waals surface area contributed by atoms with Crippen LogP contribution in [0, 0.1) is 5.41 Å². The lowest BCUT2D eigenvalue weighted by Gasteiger charge is -2.41. The van der Waals surface area contributed by atoms with E-state index in [1.54, 1.807) is 0 Å². The van der Waals surface area contributed by atoms with Gasteiger partial charge in [-0.3, -0.25) is 4.79 Å². The lowest BCUT2D eigenvalue weighted by atomic mass is 9.79. The Kier molecular flexibility index (Phi) is 6.24. The number of nitrogens with zero attached hydrogens (tertiary/aromatic N) is 1. The Morgan fingerprint density at radius 2 is 2.17 bits per heavy atom. The Morgan fingerprint density at radius 3 is 2.72 bits per heavy atom. The van der Waals surface area contributed by atoms with E-state index < -0.39 is 0 Å². The van der Waals surface area contributed by atoms with Crippen LogP contribution in [0.5, 0.6) is 0 Å². The maximum atomic E-state index is 12.6. The van der Waals surface area contributed by atoms with E-state index in [2.05, 4.69) is 6.92 Å². The Balaban J connectivity index is 0.00000162. The van der Waals surface area contributed by atoms with Gasteiger partial charge in [0.15, 0.2) is 0 Å². The summed E-state index contributed by atoms with van der Waals surface area (Å²) < 4.78 is 5.35. The summed E-state index contributed by atoms with van der Waals surface area (Å²) in [7, 11) is 0. The first kappa shape index (κ1) is 16.1. The maximum Gasteiger partial charge on any atom is 0.230 e. The van der Waals surface area contributed by atoms with Crippen molar-refractivity contribution < 1.29 is 9.53 Å². The Labute approximate surface area is 119 Å². The fourth-order valence-electron chi connectivity index (χ4n) is 2.61. The highest BCUT2D eigenvalue weighted by Gasteiger charge is 2.42. The van der Waals surface area contributed by atoms with E-state index in [1.807, 2.05) is 16.7 Å². The fraction of sp³-hybridized carbons (Fsp3) is 0.917. The molecular weight excluding hydrogens is 272 g/mol. The van der Waals surface area contributed by atoms with Crippen LogP contribution in [0.4, 0.5) is 0 Å². The van der Waals surface area contributed by atoms with Crippen molar-refractivity contribution in [3.05, 3.63) is 0 Å². The van der Waals surface area contributed by atoms with Gasteiger partial charge in [0.2, 0.25) is 5.91 Å². The molecule has 0 aliphatic carbocycles. The third-order valence-electron chi connectivity index (χ3n) is 3.82. The van der Waals surface area contributed by atoms with E-state index >= 15 is 0 Å². The molecule has 0 spiro atoms. The third-order valence-corrected chi connectivity index (χ3v) is 4.96. The van der Waals surface area contributed by atoms with Gasteiger partial charge in [0.05, 0.1) is 5.41 Å². The van der Waals surface area contributed by atoms with Crippen LogP contribution in [0.15, 0.2) is 0 Å². The van der Waals surface area contributed by atoms with Gasteiger partial charge in [-0.2, -0.15) is 11.8 Å². The average molecular weight is 295 g/mol. The van der Waals surface area contributed by atoms with Gasteiger partial charge in [0.1, 0.15) is 0 Å². The number of thioether (sulfide) groups is 1. The lowest BCUT2D eigenvalue weighted by Crippen LogP contribution is -2.53. The summed E-state index contributed by atoms with van der Waals surface area (Å²) in [5.74, 6) is 1.31. The Hall–Kier alpha value is 0.0300. The predicted octanol–water partition coefficient (Wildman–Crippen LogP) is 1.13. The molecular formula is C12H23ClN2O2S. The van der Waals surface area contributed by atoms with Crippen molar-refractivity contribution >= 4 is 30.1 Å². The number of ether oxygens (including phenoxy) is 1. The Bertz CT molecular complexity index is 285. The molecule has 4 nitrogen and oxygen atoms in total. The third kappa shape index (κ3) is 3.32. The molecule has 2 rings (SSSR count). The van der Waals surface area contributed by atoms with Crippen molar-refractivity contribution in [1.29, 1.82) is 0 Å². The summed E-state index contributed by atoms with van der Waals surface area (Å²) in [6, 6.07) is 0. The van der Waals surface area contributed by atoms with Crippen molar-refractivity contribution in [2.45, 2.75) is 25.0 Å². The number of halogens is 1. The molecule has 2 saturated heterocycles. The highest BCUT2D eigenvalue weighted by atomic mass is 35.5. The van der Waals surface area contributed by atoms with Crippen molar-refractivity contribution in [3.8, 4) is 0 Å². The van der Waals surface area contributed by atoms with Crippen LogP contribution in [0.2, 0.25) is 0 Å². The maximum absolute atomic E-state index is 12.6. The zero-order valence-corrected chi connectivity index (χ0v) is 12.5. The SMILES string of the molecule is CC1CN(C(=O)C2(CN)CCOCC2)CCS1.Cl. The molecule has 0 bridgehead atoms. The van der Waals surface area contributed by atoms with Crippen LogP contribution >= 0.6 is 24.2 Å². The summed E-state index contributed by atoms with van der Waals surface area (Å²) in [6.45, 7) is 5.71. The number of carbonyl (C=O) groups is 1. The molecule has 6 heteroatoms. The standard InChI is InChI=1S/C12H22N2O2S.ClH/c1-10-8-14(4-7-17-10)11(15)12(9-13)2-5-16-6-3-12;/h10H,2-9,13H2,1H3;1H. The number of carbonyl (C=O) groups excluding carboxylic acids is 1. The molecule has 2 heterocycles. The summed E-state index contributed by atoms with van der Waals surface area (Å²) >= 11 is 1.94. The summed E-state index contributed by atoms with van der Waals surface area (Å²) in [5.41, 5.74) is 5.52. The average Bonchev–Trinajstić information content (AvgIpc) is 2.38. The summed E-state index contributed by atoms with van der Waals surface area (Å²) in [4.78, 5) is 14.6. The minimum atomic E-state index is -0.347. The van der Waals surface area contributed by atoms with Gasteiger partial charge in [-0.05, 0) is 12.8 Å². The van der Waals surface area contributed by atoms with Gasteiger partial charge in [0.25, 0.3) is 0 Å². The number of hydrogen-bond acceptors (Lipinski definition) is 4. The van der Waals surface area contributed by atoms with Crippen LogP contribution in [-0.2, 0) is 9.53 Å². The lowest BCUT2D eigenvalue weighted by molar-refractivity contribution is -0.147. The molecule has 0 radical (unpaired) electrons. The molecule has 106 valence electrons. The molecule has 2 N–H and O–H groups in total. The molecule has 1 atom stereocenters. The van der Waals surface area contributed by atoms with Crippen molar-refractivity contribution in [2.24, 2.45) is 11.1 Å². The second kappa shape index (κ2) is 6.98. The van der Waals surface area contributed by atoms with Crippen LogP contribution in [0.3, 0.4) is 0 Å². The number of amides is 1. The first-order valence-corrected chi connectivity index (χ1v) is 7.42. The van der Waals surface area contributed by atoms with Crippen LogP contribution in [0.1, 0.15) is 19.8 Å². The molecule has 0 aromatic carbocycles. The molecule has 18 heavy (non-hydrogen) atoms. The minimum Gasteiger partial charge on any atom is -0.381 e. The first-order chi connectivity index (χ1) is 8.18. The summed E-state index contributed by atoms with van der Waals surface area (Å²) in [6.07, 6.45) is 1.56. The smallest absolute Gasteiger partial charge is 0.230 e. The van der Waals surface area contributed by atoms with Gasteiger partial charge in [-0.25, -0.2) is 0 Å². The van der Waals surface area contributed by atoms with Crippen LogP contribution in [0.25, 0.3) is 0 Å². The second-order valence-electron chi connectivity index (χ2n) is 5.03. The molecule has 2 aliphatic heterocycles. The summed E-state index contributed by atoms with van der Waals surface area (Å²) in [5, 5.41) is 0.544. The highest BCUT2D eigenvalue weighted by molar-refractivity contribution is 7.99. The van der Waals surface area contributed by atoms with E-state index in [0.717, 1.165) is 31.7 Å². The normalized spacial score (nSPS) is 27.4. The topological polar surface area (TPSA) is 55.6 Å². The molecule has 1 unspecified atom stereocenters.